The summed E-state index contributed by atoms with van der Waals surface area (Å²) in [6.07, 6.45) is 1.46. The molecule has 2 heterocycles. The van der Waals surface area contributed by atoms with E-state index in [2.05, 4.69) is 16.1 Å². The van der Waals surface area contributed by atoms with E-state index in [1.54, 1.807) is 11.3 Å². The monoisotopic (exact) mass is 334 g/mol. The van der Waals surface area contributed by atoms with Gasteiger partial charge < -0.3 is 9.64 Å². The molecule has 2 atom stereocenters. The van der Waals surface area contributed by atoms with Gasteiger partial charge in [0.15, 0.2) is 6.54 Å². The molecule has 6 nitrogen and oxygen atoms in total. The van der Waals surface area contributed by atoms with Gasteiger partial charge in [0.25, 0.3) is 5.91 Å². The van der Waals surface area contributed by atoms with Crippen LogP contribution in [-0.4, -0.2) is 43.7 Å². The van der Waals surface area contributed by atoms with Crippen molar-refractivity contribution in [2.24, 2.45) is 0 Å². The van der Waals surface area contributed by atoms with Gasteiger partial charge in [-0.15, -0.1) is 11.3 Å². The van der Waals surface area contributed by atoms with Crippen molar-refractivity contribution in [1.82, 2.24) is 10.3 Å². The molecule has 1 aliphatic heterocycles. The van der Waals surface area contributed by atoms with Crippen LogP contribution >= 0.6 is 11.3 Å². The highest BCUT2D eigenvalue weighted by atomic mass is 32.1. The molecule has 1 aromatic carbocycles. The largest absolute Gasteiger partial charge is 0.453 e. The highest BCUT2D eigenvalue weighted by Gasteiger charge is 2.28. The lowest BCUT2D eigenvalue weighted by Crippen LogP contribution is -3.14. The molecule has 1 saturated heterocycles. The second-order valence-corrected chi connectivity index (χ2v) is 6.84. The van der Waals surface area contributed by atoms with Crippen LogP contribution in [0.15, 0.2) is 24.3 Å². The smallest absolute Gasteiger partial charge is 0.413 e. The fraction of sp³-hybridized carbons (Fsp3) is 0.438. The van der Waals surface area contributed by atoms with E-state index in [4.69, 9.17) is 4.98 Å². The van der Waals surface area contributed by atoms with E-state index in [0.717, 1.165) is 36.5 Å². The number of likely N-dealkylation sites (tertiary alicyclic amines) is 1. The molecule has 3 rings (SSSR count). The first-order valence-electron chi connectivity index (χ1n) is 7.72. The first kappa shape index (κ1) is 15.9. The van der Waals surface area contributed by atoms with Crippen LogP contribution in [0.2, 0.25) is 0 Å². The van der Waals surface area contributed by atoms with Crippen LogP contribution in [0, 0.1) is 0 Å². The number of piperidine rings is 1. The van der Waals surface area contributed by atoms with Crippen LogP contribution in [0.5, 0.6) is 0 Å². The number of rotatable bonds is 3. The Bertz CT molecular complexity index is 682. The highest BCUT2D eigenvalue weighted by Crippen LogP contribution is 2.30. The number of hydrogen-bond acceptors (Lipinski definition) is 5. The molecule has 2 amide bonds. The number of carbonyl (C=O) groups is 2. The van der Waals surface area contributed by atoms with E-state index in [1.807, 2.05) is 18.2 Å². The summed E-state index contributed by atoms with van der Waals surface area (Å²) in [6, 6.07) is 8.15. The van der Waals surface area contributed by atoms with Crippen LogP contribution in [0.4, 0.5) is 4.79 Å². The van der Waals surface area contributed by atoms with Crippen molar-refractivity contribution in [3.63, 3.8) is 0 Å². The van der Waals surface area contributed by atoms with Gasteiger partial charge in [0.05, 0.1) is 36.3 Å². The van der Waals surface area contributed by atoms with Crippen molar-refractivity contribution in [2.45, 2.75) is 18.8 Å². The van der Waals surface area contributed by atoms with E-state index >= 15 is 0 Å². The normalized spacial score (nSPS) is 21.1. The van der Waals surface area contributed by atoms with Gasteiger partial charge in [0.2, 0.25) is 0 Å². The summed E-state index contributed by atoms with van der Waals surface area (Å²) >= 11 is 1.74. The number of fused-ring (bicyclic) bond motifs is 1. The van der Waals surface area contributed by atoms with Crippen molar-refractivity contribution < 1.29 is 19.2 Å². The van der Waals surface area contributed by atoms with E-state index in [-0.39, 0.29) is 12.5 Å². The van der Waals surface area contributed by atoms with Crippen LogP contribution < -0.4 is 10.2 Å². The SMILES string of the molecule is COC(=O)NC(=O)C[NH+]1CCC[C@H](c2nc3ccccc3s2)C1. The molecular weight excluding hydrogens is 314 g/mol. The van der Waals surface area contributed by atoms with Crippen molar-refractivity contribution in [3.05, 3.63) is 29.3 Å². The minimum absolute atomic E-state index is 0.288. The van der Waals surface area contributed by atoms with Gasteiger partial charge in [-0.25, -0.2) is 9.78 Å². The fourth-order valence-corrected chi connectivity index (χ4v) is 4.13. The number of ether oxygens (including phenoxy) is 1. The average Bonchev–Trinajstić information content (AvgIpc) is 2.99. The van der Waals surface area contributed by atoms with E-state index in [0.29, 0.717) is 5.92 Å². The number of nitrogens with one attached hydrogen (secondary N) is 2. The number of amides is 2. The van der Waals surface area contributed by atoms with Crippen molar-refractivity contribution in [3.8, 4) is 0 Å². The molecule has 1 aromatic heterocycles. The molecule has 2 aromatic rings. The second kappa shape index (κ2) is 7.06. The van der Waals surface area contributed by atoms with E-state index in [1.165, 1.54) is 16.7 Å². The van der Waals surface area contributed by atoms with Gasteiger partial charge in [0, 0.05) is 0 Å². The Morgan fingerprint density at radius 1 is 1.43 bits per heavy atom. The molecule has 1 unspecified atom stereocenters. The molecule has 0 saturated carbocycles. The second-order valence-electron chi connectivity index (χ2n) is 5.78. The van der Waals surface area contributed by atoms with Gasteiger partial charge >= 0.3 is 6.09 Å². The lowest BCUT2D eigenvalue weighted by molar-refractivity contribution is -0.898. The predicted octanol–water partition coefficient (Wildman–Crippen LogP) is 0.941. The lowest BCUT2D eigenvalue weighted by atomic mass is 9.99. The number of hydrogen-bond donors (Lipinski definition) is 2. The van der Waals surface area contributed by atoms with Crippen molar-refractivity contribution in [1.29, 1.82) is 0 Å². The minimum atomic E-state index is -0.700. The third-order valence-corrected chi connectivity index (χ3v) is 5.31. The number of quaternary nitrogens is 1. The first-order chi connectivity index (χ1) is 11.2. The standard InChI is InChI=1S/C16H19N3O3S/c1-22-16(21)18-14(20)10-19-8-4-5-11(9-19)15-17-12-6-2-3-7-13(12)23-15/h2-3,6-7,11H,4-5,8-10H2,1H3,(H,18,20,21)/p+1/t11-/m0/s1. The molecule has 0 radical (unpaired) electrons. The molecule has 0 spiro atoms. The molecular formula is C16H20N3O3S+. The Morgan fingerprint density at radius 3 is 3.04 bits per heavy atom. The summed E-state index contributed by atoms with van der Waals surface area (Å²) in [5, 5.41) is 3.37. The number of benzene rings is 1. The summed E-state index contributed by atoms with van der Waals surface area (Å²) in [5.41, 5.74) is 1.04. The van der Waals surface area contributed by atoms with Crippen molar-refractivity contribution >= 4 is 33.6 Å². The van der Waals surface area contributed by atoms with Crippen LogP contribution in [0.1, 0.15) is 23.8 Å². The molecule has 1 fully saturated rings. The topological polar surface area (TPSA) is 72.7 Å². The molecule has 0 aliphatic carbocycles. The van der Waals surface area contributed by atoms with Crippen molar-refractivity contribution in [2.75, 3.05) is 26.7 Å². The zero-order valence-electron chi connectivity index (χ0n) is 13.0. The Kier molecular flexibility index (Phi) is 4.88. The number of aromatic nitrogens is 1. The molecule has 0 bridgehead atoms. The number of para-hydroxylation sites is 1. The quantitative estimate of drug-likeness (QED) is 0.876. The minimum Gasteiger partial charge on any atom is -0.453 e. The molecule has 122 valence electrons. The number of methoxy groups -OCH3 is 1. The number of carbonyl (C=O) groups excluding carboxylic acids is 2. The predicted molar refractivity (Wildman–Crippen MR) is 87.7 cm³/mol. The average molecular weight is 334 g/mol. The number of thiazole rings is 1. The fourth-order valence-electron chi connectivity index (χ4n) is 3.02. The van der Waals surface area contributed by atoms with Gasteiger partial charge in [-0.05, 0) is 25.0 Å². The van der Waals surface area contributed by atoms with Crippen LogP contribution in [-0.2, 0) is 9.53 Å². The lowest BCUT2D eigenvalue weighted by Gasteiger charge is -2.28. The van der Waals surface area contributed by atoms with Gasteiger partial charge in [-0.1, -0.05) is 12.1 Å². The first-order valence-corrected chi connectivity index (χ1v) is 8.54. The summed E-state index contributed by atoms with van der Waals surface area (Å²) in [4.78, 5) is 28.8. The molecule has 7 heteroatoms. The highest BCUT2D eigenvalue weighted by molar-refractivity contribution is 7.18. The number of alkyl carbamates (subject to hydrolysis) is 1. The Hall–Kier alpha value is -1.99. The van der Waals surface area contributed by atoms with Gasteiger partial charge in [-0.3, -0.25) is 10.1 Å². The summed E-state index contributed by atoms with van der Waals surface area (Å²) in [7, 11) is 1.25. The van der Waals surface area contributed by atoms with Gasteiger partial charge in [-0.2, -0.15) is 0 Å². The Balaban J connectivity index is 1.63. The summed E-state index contributed by atoms with van der Waals surface area (Å²) in [6.45, 7) is 2.10. The maximum Gasteiger partial charge on any atom is 0.413 e. The maximum atomic E-state index is 11.8. The molecule has 2 N–H and O–H groups in total. The zero-order chi connectivity index (χ0) is 16.2. The van der Waals surface area contributed by atoms with Gasteiger partial charge in [0.1, 0.15) is 5.01 Å². The Morgan fingerprint density at radius 2 is 2.26 bits per heavy atom. The number of imide groups is 1. The third-order valence-electron chi connectivity index (χ3n) is 4.12. The molecule has 1 aliphatic rings. The van der Waals surface area contributed by atoms with E-state index in [9.17, 15) is 9.59 Å². The summed E-state index contributed by atoms with van der Waals surface area (Å²) < 4.78 is 5.65. The maximum absolute atomic E-state index is 11.8. The summed E-state index contributed by atoms with van der Waals surface area (Å²) in [5.74, 6) is 0.0823. The zero-order valence-corrected chi connectivity index (χ0v) is 13.8. The number of nitrogens with zero attached hydrogens (tertiary/aromatic N) is 1. The van der Waals surface area contributed by atoms with Crippen LogP contribution in [0.3, 0.4) is 0 Å². The van der Waals surface area contributed by atoms with E-state index < -0.39 is 6.09 Å². The van der Waals surface area contributed by atoms with Crippen LogP contribution in [0.25, 0.3) is 10.2 Å². The Labute approximate surface area is 138 Å². The third kappa shape index (κ3) is 3.86. The molecule has 23 heavy (non-hydrogen) atoms.